The van der Waals surface area contributed by atoms with E-state index in [9.17, 15) is 9.59 Å². The number of nitrogens with zero attached hydrogens (tertiary/aromatic N) is 4. The topological polar surface area (TPSA) is 107 Å². The van der Waals surface area contributed by atoms with E-state index in [-0.39, 0.29) is 22.5 Å². The molecule has 1 saturated carbocycles. The fourth-order valence-corrected chi connectivity index (χ4v) is 6.01. The van der Waals surface area contributed by atoms with Gasteiger partial charge in [0.25, 0.3) is 0 Å². The minimum Gasteiger partial charge on any atom is -0.462 e. The Labute approximate surface area is 183 Å². The van der Waals surface area contributed by atoms with E-state index in [1.54, 1.807) is 13.8 Å². The first-order valence-corrected chi connectivity index (χ1v) is 11.8. The van der Waals surface area contributed by atoms with Gasteiger partial charge in [-0.05, 0) is 32.1 Å². The number of amides is 1. The van der Waals surface area contributed by atoms with Crippen molar-refractivity contribution in [3.63, 3.8) is 0 Å². The molecule has 2 aliphatic rings. The predicted octanol–water partition coefficient (Wildman–Crippen LogP) is 3.72. The van der Waals surface area contributed by atoms with Crippen LogP contribution >= 0.6 is 23.1 Å². The minimum atomic E-state index is -0.425. The molecule has 4 rings (SSSR count). The van der Waals surface area contributed by atoms with Crippen molar-refractivity contribution in [1.29, 1.82) is 0 Å². The molecule has 2 atom stereocenters. The van der Waals surface area contributed by atoms with Gasteiger partial charge >= 0.3 is 5.97 Å². The number of carbonyl (C=O) groups excluding carboxylic acids is 2. The lowest BCUT2D eigenvalue weighted by atomic mass is 9.70. The first kappa shape index (κ1) is 21.2. The molecule has 2 unspecified atom stereocenters. The van der Waals surface area contributed by atoms with Crippen LogP contribution in [-0.2, 0) is 14.9 Å². The number of rotatable bonds is 6. The summed E-state index contributed by atoms with van der Waals surface area (Å²) in [6.07, 6.45) is 2.23. The number of fused-ring (bicyclic) bond motifs is 5. The molecule has 0 saturated heterocycles. The van der Waals surface area contributed by atoms with Crippen molar-refractivity contribution in [1.82, 2.24) is 20.2 Å². The number of ether oxygens (including phenoxy) is 1. The molecular weight excluding hydrogens is 422 g/mol. The third-order valence-corrected chi connectivity index (χ3v) is 8.50. The first-order valence-electron chi connectivity index (χ1n) is 9.99. The summed E-state index contributed by atoms with van der Waals surface area (Å²) in [7, 11) is 0. The molecule has 2 aliphatic carbocycles. The summed E-state index contributed by atoms with van der Waals surface area (Å²) in [6.45, 7) is 10.6. The van der Waals surface area contributed by atoms with Gasteiger partial charge in [0.2, 0.25) is 11.1 Å². The zero-order chi connectivity index (χ0) is 21.7. The van der Waals surface area contributed by atoms with Crippen LogP contribution in [-0.4, -0.2) is 44.4 Å². The molecule has 160 valence electrons. The Balaban J connectivity index is 1.40. The lowest BCUT2D eigenvalue weighted by Crippen LogP contribution is -2.32. The Morgan fingerprint density at radius 3 is 2.77 bits per heavy atom. The molecule has 2 aromatic heterocycles. The lowest BCUT2D eigenvalue weighted by molar-refractivity contribution is -0.113. The average molecular weight is 448 g/mol. The van der Waals surface area contributed by atoms with Crippen molar-refractivity contribution in [2.75, 3.05) is 17.7 Å². The maximum Gasteiger partial charge on any atom is 0.350 e. The summed E-state index contributed by atoms with van der Waals surface area (Å²) in [4.78, 5) is 33.7. The molecule has 0 radical (unpaired) electrons. The second-order valence-electron chi connectivity index (χ2n) is 8.46. The summed E-state index contributed by atoms with van der Waals surface area (Å²) < 4.78 is 5.00. The Morgan fingerprint density at radius 2 is 2.03 bits per heavy atom. The average Bonchev–Trinajstić information content (AvgIpc) is 3.22. The number of hydrogen-bond donors (Lipinski definition) is 1. The van der Waals surface area contributed by atoms with Gasteiger partial charge in [-0.3, -0.25) is 4.79 Å². The number of thiazole rings is 1. The van der Waals surface area contributed by atoms with E-state index in [0.717, 1.165) is 35.6 Å². The highest BCUT2D eigenvalue weighted by Gasteiger charge is 2.61. The van der Waals surface area contributed by atoms with Gasteiger partial charge in [-0.2, -0.15) is 5.10 Å². The third kappa shape index (κ3) is 3.30. The number of carbonyl (C=O) groups is 2. The van der Waals surface area contributed by atoms with Crippen LogP contribution in [0.4, 0.5) is 5.13 Å². The highest BCUT2D eigenvalue weighted by molar-refractivity contribution is 7.99. The Morgan fingerprint density at radius 1 is 1.27 bits per heavy atom. The van der Waals surface area contributed by atoms with Gasteiger partial charge in [0.05, 0.1) is 29.4 Å². The summed E-state index contributed by atoms with van der Waals surface area (Å²) in [6, 6.07) is 0. The van der Waals surface area contributed by atoms with Gasteiger partial charge in [0.15, 0.2) is 5.13 Å². The van der Waals surface area contributed by atoms with Crippen LogP contribution < -0.4 is 5.32 Å². The van der Waals surface area contributed by atoms with Gasteiger partial charge < -0.3 is 10.1 Å². The zero-order valence-electron chi connectivity index (χ0n) is 17.7. The second kappa shape index (κ2) is 7.56. The number of thioether (sulfide) groups is 1. The number of anilines is 1. The normalized spacial score (nSPS) is 23.3. The van der Waals surface area contributed by atoms with Crippen LogP contribution in [0.15, 0.2) is 5.16 Å². The second-order valence-corrected chi connectivity index (χ2v) is 10.4. The van der Waals surface area contributed by atoms with Crippen molar-refractivity contribution in [3.8, 4) is 0 Å². The molecule has 0 aromatic carbocycles. The predicted molar refractivity (Wildman–Crippen MR) is 115 cm³/mol. The lowest BCUT2D eigenvalue weighted by Gasteiger charge is -2.33. The van der Waals surface area contributed by atoms with Crippen LogP contribution in [0.2, 0.25) is 0 Å². The smallest absolute Gasteiger partial charge is 0.350 e. The van der Waals surface area contributed by atoms with Gasteiger partial charge in [-0.15, -0.1) is 5.10 Å². The number of esters is 1. The maximum atomic E-state index is 12.4. The molecule has 30 heavy (non-hydrogen) atoms. The number of hydrogen-bond acceptors (Lipinski definition) is 9. The van der Waals surface area contributed by atoms with Crippen LogP contribution in [0.5, 0.6) is 0 Å². The zero-order valence-corrected chi connectivity index (χ0v) is 19.4. The highest BCUT2D eigenvalue weighted by atomic mass is 32.2. The highest BCUT2D eigenvalue weighted by Crippen LogP contribution is 2.66. The van der Waals surface area contributed by atoms with Gasteiger partial charge in [0.1, 0.15) is 4.88 Å². The molecule has 2 aromatic rings. The third-order valence-electron chi connectivity index (χ3n) is 6.61. The number of aryl methyl sites for hydroxylation is 1. The van der Waals surface area contributed by atoms with E-state index in [1.807, 2.05) is 0 Å². The van der Waals surface area contributed by atoms with Crippen molar-refractivity contribution < 1.29 is 14.3 Å². The summed E-state index contributed by atoms with van der Waals surface area (Å²) >= 11 is 2.36. The van der Waals surface area contributed by atoms with Crippen molar-refractivity contribution in [3.05, 3.63) is 22.0 Å². The maximum absolute atomic E-state index is 12.4. The SMILES string of the molecule is CCOC(=O)c1sc(NC(=O)CSc2nnc3c(n2)C2(C)CCC3C2(C)C)nc1C. The van der Waals surface area contributed by atoms with Crippen LogP contribution in [0.1, 0.15) is 73.2 Å². The van der Waals surface area contributed by atoms with Crippen molar-refractivity contribution in [2.24, 2.45) is 5.41 Å². The monoisotopic (exact) mass is 447 g/mol. The first-order chi connectivity index (χ1) is 14.2. The van der Waals surface area contributed by atoms with Crippen LogP contribution in [0, 0.1) is 12.3 Å². The molecule has 1 fully saturated rings. The van der Waals surface area contributed by atoms with Crippen LogP contribution in [0.25, 0.3) is 0 Å². The van der Waals surface area contributed by atoms with Crippen molar-refractivity contribution in [2.45, 2.75) is 63.9 Å². The molecule has 8 nitrogen and oxygen atoms in total. The van der Waals surface area contributed by atoms with E-state index in [1.165, 1.54) is 11.8 Å². The fraction of sp³-hybridized carbons (Fsp3) is 0.600. The molecule has 10 heteroatoms. The number of aromatic nitrogens is 4. The van der Waals surface area contributed by atoms with E-state index in [4.69, 9.17) is 9.72 Å². The van der Waals surface area contributed by atoms with E-state index in [2.05, 4.69) is 41.3 Å². The molecule has 1 N–H and O–H groups in total. The largest absolute Gasteiger partial charge is 0.462 e. The van der Waals surface area contributed by atoms with E-state index in [0.29, 0.717) is 33.4 Å². The summed E-state index contributed by atoms with van der Waals surface area (Å²) in [5.41, 5.74) is 2.72. The van der Waals surface area contributed by atoms with Crippen molar-refractivity contribution >= 4 is 40.1 Å². The summed E-state index contributed by atoms with van der Waals surface area (Å²) in [5, 5.41) is 12.3. The van der Waals surface area contributed by atoms with Gasteiger partial charge in [-0.25, -0.2) is 14.8 Å². The van der Waals surface area contributed by atoms with Crippen LogP contribution in [0.3, 0.4) is 0 Å². The van der Waals surface area contributed by atoms with E-state index < -0.39 is 5.97 Å². The van der Waals surface area contributed by atoms with Gasteiger partial charge in [0, 0.05) is 11.3 Å². The Bertz CT molecular complexity index is 1020. The quantitative estimate of drug-likeness (QED) is 0.527. The van der Waals surface area contributed by atoms with E-state index >= 15 is 0 Å². The Hall–Kier alpha value is -2.07. The molecular formula is C20H25N5O3S2. The summed E-state index contributed by atoms with van der Waals surface area (Å²) in [5.74, 6) is -0.120. The fourth-order valence-electron chi connectivity index (χ4n) is 4.55. The molecule has 2 bridgehead atoms. The molecule has 2 heterocycles. The number of nitrogens with one attached hydrogen (secondary N) is 1. The van der Waals surface area contributed by atoms with Gasteiger partial charge in [-0.1, -0.05) is 43.9 Å². The molecule has 0 aliphatic heterocycles. The minimum absolute atomic E-state index is 0.00240. The standard InChI is InChI=1S/C20H25N5O3S2/c1-6-28-16(27)14-10(2)21-17(30-14)22-12(26)9-29-18-23-15-13(24-25-18)11-7-8-20(15,5)19(11,3)4/h11H,6-9H2,1-5H3,(H,21,22,26). The molecule has 0 spiro atoms. The molecule has 1 amide bonds. The Kier molecular flexibility index (Phi) is 5.34.